The number of aromatic nitrogens is 4. The van der Waals surface area contributed by atoms with Crippen LogP contribution >= 0.6 is 15.9 Å². The van der Waals surface area contributed by atoms with Crippen molar-refractivity contribution in [2.24, 2.45) is 0 Å². The standard InChI is InChI=1S/C15H13BrN4/c1-11(12-5-3-2-4-6-12)20-18-15(17-19-20)13-7-9-14(16)10-8-13/h2-11H,1H3. The first-order chi connectivity index (χ1) is 9.74. The molecule has 100 valence electrons. The van der Waals surface area contributed by atoms with E-state index in [0.717, 1.165) is 15.6 Å². The zero-order chi connectivity index (χ0) is 13.9. The van der Waals surface area contributed by atoms with Crippen molar-refractivity contribution < 1.29 is 0 Å². The minimum absolute atomic E-state index is 0.0629. The minimum Gasteiger partial charge on any atom is -0.156 e. The highest BCUT2D eigenvalue weighted by Crippen LogP contribution is 2.20. The number of benzene rings is 2. The van der Waals surface area contributed by atoms with Crippen LogP contribution in [0.15, 0.2) is 59.1 Å². The van der Waals surface area contributed by atoms with Crippen LogP contribution in [0.1, 0.15) is 18.5 Å². The van der Waals surface area contributed by atoms with E-state index in [2.05, 4.69) is 50.4 Å². The lowest BCUT2D eigenvalue weighted by Crippen LogP contribution is -2.10. The van der Waals surface area contributed by atoms with E-state index in [9.17, 15) is 0 Å². The molecule has 0 aliphatic carbocycles. The highest BCUT2D eigenvalue weighted by molar-refractivity contribution is 9.10. The Morgan fingerprint density at radius 1 is 1.00 bits per heavy atom. The van der Waals surface area contributed by atoms with Crippen molar-refractivity contribution in [1.82, 2.24) is 20.2 Å². The Hall–Kier alpha value is -2.01. The molecule has 1 unspecified atom stereocenters. The van der Waals surface area contributed by atoms with Gasteiger partial charge in [0.05, 0.1) is 6.04 Å². The summed E-state index contributed by atoms with van der Waals surface area (Å²) < 4.78 is 1.03. The average Bonchev–Trinajstić information content (AvgIpc) is 2.98. The van der Waals surface area contributed by atoms with Gasteiger partial charge in [-0.3, -0.25) is 0 Å². The zero-order valence-electron chi connectivity index (χ0n) is 10.9. The molecule has 4 nitrogen and oxygen atoms in total. The second kappa shape index (κ2) is 5.54. The molecule has 0 aliphatic heterocycles. The van der Waals surface area contributed by atoms with Gasteiger partial charge >= 0.3 is 0 Å². The van der Waals surface area contributed by atoms with Gasteiger partial charge in [0.25, 0.3) is 0 Å². The van der Waals surface area contributed by atoms with Crippen LogP contribution in [-0.4, -0.2) is 20.2 Å². The summed E-state index contributed by atoms with van der Waals surface area (Å²) in [4.78, 5) is 1.65. The Bertz CT molecular complexity index is 691. The van der Waals surface area contributed by atoms with Crippen molar-refractivity contribution in [3.8, 4) is 11.4 Å². The minimum atomic E-state index is 0.0629. The molecule has 0 N–H and O–H groups in total. The van der Waals surface area contributed by atoms with Crippen molar-refractivity contribution in [1.29, 1.82) is 0 Å². The van der Waals surface area contributed by atoms with Crippen LogP contribution < -0.4 is 0 Å². The predicted octanol–water partition coefficient (Wildman–Crippen LogP) is 3.71. The van der Waals surface area contributed by atoms with Crippen molar-refractivity contribution in [2.75, 3.05) is 0 Å². The normalized spacial score (nSPS) is 12.3. The van der Waals surface area contributed by atoms with Gasteiger partial charge in [-0.1, -0.05) is 46.3 Å². The predicted molar refractivity (Wildman–Crippen MR) is 81.2 cm³/mol. The van der Waals surface area contributed by atoms with Gasteiger partial charge in [-0.25, -0.2) is 0 Å². The molecule has 20 heavy (non-hydrogen) atoms. The summed E-state index contributed by atoms with van der Waals surface area (Å²) >= 11 is 3.42. The van der Waals surface area contributed by atoms with E-state index in [1.165, 1.54) is 0 Å². The molecule has 0 amide bonds. The van der Waals surface area contributed by atoms with Crippen LogP contribution in [0.5, 0.6) is 0 Å². The summed E-state index contributed by atoms with van der Waals surface area (Å²) in [6.07, 6.45) is 0. The van der Waals surface area contributed by atoms with E-state index in [4.69, 9.17) is 0 Å². The van der Waals surface area contributed by atoms with Gasteiger partial charge in [0.2, 0.25) is 5.82 Å². The van der Waals surface area contributed by atoms with Crippen molar-refractivity contribution in [2.45, 2.75) is 13.0 Å². The van der Waals surface area contributed by atoms with E-state index in [1.54, 1.807) is 4.80 Å². The van der Waals surface area contributed by atoms with Crippen LogP contribution in [0.4, 0.5) is 0 Å². The maximum atomic E-state index is 4.47. The van der Waals surface area contributed by atoms with Gasteiger partial charge < -0.3 is 0 Å². The number of nitrogens with zero attached hydrogens (tertiary/aromatic N) is 4. The van der Waals surface area contributed by atoms with Gasteiger partial charge in [-0.05, 0) is 42.0 Å². The Kier molecular flexibility index (Phi) is 3.60. The molecule has 1 heterocycles. The zero-order valence-corrected chi connectivity index (χ0v) is 12.5. The molecule has 0 radical (unpaired) electrons. The number of halogens is 1. The van der Waals surface area contributed by atoms with Crippen LogP contribution in [0, 0.1) is 0 Å². The van der Waals surface area contributed by atoms with E-state index in [0.29, 0.717) is 5.82 Å². The van der Waals surface area contributed by atoms with Crippen LogP contribution in [0.25, 0.3) is 11.4 Å². The molecule has 0 fully saturated rings. The first kappa shape index (κ1) is 13.0. The molecule has 1 aromatic heterocycles. The lowest BCUT2D eigenvalue weighted by molar-refractivity contribution is 0.481. The first-order valence-corrected chi connectivity index (χ1v) is 7.14. The van der Waals surface area contributed by atoms with E-state index >= 15 is 0 Å². The third kappa shape index (κ3) is 2.63. The van der Waals surface area contributed by atoms with Crippen molar-refractivity contribution in [3.63, 3.8) is 0 Å². The van der Waals surface area contributed by atoms with E-state index in [1.807, 2.05) is 42.5 Å². The molecule has 0 bridgehead atoms. The molecule has 1 atom stereocenters. The van der Waals surface area contributed by atoms with Gasteiger partial charge in [0.15, 0.2) is 0 Å². The lowest BCUT2D eigenvalue weighted by Gasteiger charge is -2.09. The second-order valence-corrected chi connectivity index (χ2v) is 5.44. The maximum absolute atomic E-state index is 4.47. The van der Waals surface area contributed by atoms with E-state index < -0.39 is 0 Å². The maximum Gasteiger partial charge on any atom is 0.204 e. The van der Waals surface area contributed by atoms with Crippen molar-refractivity contribution >= 4 is 15.9 Å². The molecule has 3 rings (SSSR count). The fourth-order valence-corrected chi connectivity index (χ4v) is 2.23. The topological polar surface area (TPSA) is 43.6 Å². The third-order valence-corrected chi connectivity index (χ3v) is 3.69. The summed E-state index contributed by atoms with van der Waals surface area (Å²) in [6.45, 7) is 2.06. The summed E-state index contributed by atoms with van der Waals surface area (Å²) in [5, 5.41) is 12.7. The van der Waals surface area contributed by atoms with Gasteiger partial charge in [-0.2, -0.15) is 4.80 Å². The Morgan fingerprint density at radius 3 is 2.40 bits per heavy atom. The number of tetrazole rings is 1. The summed E-state index contributed by atoms with van der Waals surface area (Å²) in [7, 11) is 0. The summed E-state index contributed by atoms with van der Waals surface area (Å²) in [6, 6.07) is 18.1. The molecule has 0 spiro atoms. The Morgan fingerprint density at radius 2 is 1.70 bits per heavy atom. The second-order valence-electron chi connectivity index (χ2n) is 4.53. The molecular weight excluding hydrogens is 316 g/mol. The summed E-state index contributed by atoms with van der Waals surface area (Å²) in [5.41, 5.74) is 2.12. The first-order valence-electron chi connectivity index (χ1n) is 6.34. The van der Waals surface area contributed by atoms with Crippen molar-refractivity contribution in [3.05, 3.63) is 64.6 Å². The highest BCUT2D eigenvalue weighted by atomic mass is 79.9. The number of rotatable bonds is 3. The monoisotopic (exact) mass is 328 g/mol. The molecule has 0 saturated carbocycles. The third-order valence-electron chi connectivity index (χ3n) is 3.16. The van der Waals surface area contributed by atoms with Crippen LogP contribution in [-0.2, 0) is 0 Å². The summed E-state index contributed by atoms with van der Waals surface area (Å²) in [5.74, 6) is 0.639. The van der Waals surface area contributed by atoms with Gasteiger partial charge in [0.1, 0.15) is 0 Å². The lowest BCUT2D eigenvalue weighted by atomic mass is 10.1. The van der Waals surface area contributed by atoms with Gasteiger partial charge in [0, 0.05) is 10.0 Å². The largest absolute Gasteiger partial charge is 0.204 e. The Labute approximate surface area is 125 Å². The Balaban J connectivity index is 1.89. The average molecular weight is 329 g/mol. The molecule has 2 aromatic carbocycles. The molecule has 5 heteroatoms. The van der Waals surface area contributed by atoms with Gasteiger partial charge in [-0.15, -0.1) is 10.2 Å². The SMILES string of the molecule is CC(c1ccccc1)n1nnc(-c2ccc(Br)cc2)n1. The molecular formula is C15H13BrN4. The van der Waals surface area contributed by atoms with Crippen LogP contribution in [0.3, 0.4) is 0 Å². The fourth-order valence-electron chi connectivity index (χ4n) is 1.97. The highest BCUT2D eigenvalue weighted by Gasteiger charge is 2.12. The number of hydrogen-bond donors (Lipinski definition) is 0. The molecule has 0 saturated heterocycles. The smallest absolute Gasteiger partial charge is 0.156 e. The molecule has 3 aromatic rings. The quantitative estimate of drug-likeness (QED) is 0.736. The van der Waals surface area contributed by atoms with E-state index in [-0.39, 0.29) is 6.04 Å². The fraction of sp³-hybridized carbons (Fsp3) is 0.133. The van der Waals surface area contributed by atoms with Crippen LogP contribution in [0.2, 0.25) is 0 Å². The molecule has 0 aliphatic rings. The number of hydrogen-bond acceptors (Lipinski definition) is 3.